The molecular weight excluding hydrogens is 232 g/mol. The zero-order valence-electron chi connectivity index (χ0n) is 9.86. The summed E-state index contributed by atoms with van der Waals surface area (Å²) in [5.41, 5.74) is 3.36. The van der Waals surface area contributed by atoms with Crippen molar-refractivity contribution in [2.75, 3.05) is 13.6 Å². The second-order valence-electron chi connectivity index (χ2n) is 5.68. The molecule has 1 saturated heterocycles. The molecule has 3 unspecified atom stereocenters. The molecule has 0 radical (unpaired) electrons. The number of allylic oxidation sites excluding steroid dienone is 1. The molecule has 1 aromatic rings. The van der Waals surface area contributed by atoms with Gasteiger partial charge in [0, 0.05) is 24.2 Å². The highest BCUT2D eigenvalue weighted by atomic mass is 35.5. The summed E-state index contributed by atoms with van der Waals surface area (Å²) >= 11 is 5.85. The summed E-state index contributed by atoms with van der Waals surface area (Å²) in [5.74, 6) is 0.770. The van der Waals surface area contributed by atoms with Crippen LogP contribution in [0.3, 0.4) is 0 Å². The molecule has 2 heterocycles. The number of aromatic nitrogens is 1. The highest BCUT2D eigenvalue weighted by Gasteiger charge is 2.63. The maximum Gasteiger partial charge on any atom is 0.129 e. The summed E-state index contributed by atoms with van der Waals surface area (Å²) in [7, 11) is 2.23. The Bertz CT molecular complexity index is 507. The lowest BCUT2D eigenvalue weighted by atomic mass is 9.53. The number of likely N-dealkylation sites (tertiary alicyclic amines) is 1. The number of hydrogen-bond donors (Lipinski definition) is 0. The van der Waals surface area contributed by atoms with Crippen LogP contribution in [0.15, 0.2) is 24.4 Å². The second-order valence-corrected chi connectivity index (χ2v) is 6.06. The second kappa shape index (κ2) is 3.12. The first-order valence-corrected chi connectivity index (χ1v) is 6.62. The Morgan fingerprint density at radius 1 is 1.47 bits per heavy atom. The number of rotatable bonds is 1. The number of halogens is 1. The standard InChI is InChI=1S/C14H15ClN2/c1-17-8-14-5-4-11(14)10(6-12(14)17)9-2-3-13(15)16-7-9/h2-3,6-7,11-12H,4-5,8H2,1H3. The molecule has 88 valence electrons. The minimum absolute atomic E-state index is 0.579. The fourth-order valence-corrected chi connectivity index (χ4v) is 4.19. The Morgan fingerprint density at radius 3 is 2.88 bits per heavy atom. The lowest BCUT2D eigenvalue weighted by Gasteiger charge is -2.61. The molecule has 2 fully saturated rings. The van der Waals surface area contributed by atoms with Crippen LogP contribution in [0.5, 0.6) is 0 Å². The van der Waals surface area contributed by atoms with E-state index in [1.165, 1.54) is 30.5 Å². The van der Waals surface area contributed by atoms with Crippen LogP contribution in [0.2, 0.25) is 5.15 Å². The Kier molecular flexibility index (Phi) is 1.85. The Hall–Kier alpha value is -0.860. The van der Waals surface area contributed by atoms with Gasteiger partial charge in [-0.2, -0.15) is 0 Å². The molecule has 0 N–H and O–H groups in total. The third-order valence-corrected chi connectivity index (χ3v) is 5.20. The predicted octanol–water partition coefficient (Wildman–Crippen LogP) is 2.84. The predicted molar refractivity (Wildman–Crippen MR) is 68.8 cm³/mol. The van der Waals surface area contributed by atoms with E-state index in [0.29, 0.717) is 16.6 Å². The van der Waals surface area contributed by atoms with E-state index in [9.17, 15) is 0 Å². The van der Waals surface area contributed by atoms with Crippen molar-refractivity contribution in [3.8, 4) is 0 Å². The smallest absolute Gasteiger partial charge is 0.129 e. The fourth-order valence-electron chi connectivity index (χ4n) is 4.07. The van der Waals surface area contributed by atoms with Crippen LogP contribution >= 0.6 is 11.6 Å². The zero-order valence-corrected chi connectivity index (χ0v) is 10.6. The first-order valence-electron chi connectivity index (χ1n) is 6.25. The highest BCUT2D eigenvalue weighted by molar-refractivity contribution is 6.29. The van der Waals surface area contributed by atoms with E-state index in [1.807, 2.05) is 12.3 Å². The molecule has 17 heavy (non-hydrogen) atoms. The largest absolute Gasteiger partial charge is 0.299 e. The van der Waals surface area contributed by atoms with Gasteiger partial charge in [-0.3, -0.25) is 4.90 Å². The molecule has 0 aromatic carbocycles. The monoisotopic (exact) mass is 246 g/mol. The topological polar surface area (TPSA) is 16.1 Å². The van der Waals surface area contributed by atoms with Crippen molar-refractivity contribution in [3.63, 3.8) is 0 Å². The van der Waals surface area contributed by atoms with Crippen LogP contribution in [0.4, 0.5) is 0 Å². The van der Waals surface area contributed by atoms with Crippen LogP contribution < -0.4 is 0 Å². The summed E-state index contributed by atoms with van der Waals surface area (Å²) in [6.07, 6.45) is 7.13. The minimum Gasteiger partial charge on any atom is -0.299 e. The van der Waals surface area contributed by atoms with Crippen molar-refractivity contribution in [2.24, 2.45) is 11.3 Å². The van der Waals surface area contributed by atoms with Gasteiger partial charge < -0.3 is 0 Å². The molecule has 2 nitrogen and oxygen atoms in total. The van der Waals surface area contributed by atoms with E-state index < -0.39 is 0 Å². The SMILES string of the molecule is CN1CC23CCC2C(c2ccc(Cl)nc2)=CC13. The number of pyridine rings is 1. The molecule has 0 amide bonds. The number of likely N-dealkylation sites (N-methyl/N-ethyl adjacent to an activating group) is 1. The Labute approximate surface area is 106 Å². The average molecular weight is 247 g/mol. The lowest BCUT2D eigenvalue weighted by molar-refractivity contribution is -0.104. The average Bonchev–Trinajstić information content (AvgIpc) is 2.46. The van der Waals surface area contributed by atoms with Crippen molar-refractivity contribution in [1.82, 2.24) is 9.88 Å². The maximum absolute atomic E-state index is 5.85. The lowest BCUT2D eigenvalue weighted by Crippen LogP contribution is -2.66. The molecule has 3 aliphatic rings. The third kappa shape index (κ3) is 1.13. The van der Waals surface area contributed by atoms with Crippen molar-refractivity contribution in [2.45, 2.75) is 18.9 Å². The van der Waals surface area contributed by atoms with Gasteiger partial charge in [-0.1, -0.05) is 23.7 Å². The fraction of sp³-hybridized carbons (Fsp3) is 0.500. The number of hydrogen-bond acceptors (Lipinski definition) is 2. The van der Waals surface area contributed by atoms with Crippen LogP contribution in [0.1, 0.15) is 18.4 Å². The molecule has 0 bridgehead atoms. The quantitative estimate of drug-likeness (QED) is 0.709. The molecule has 3 heteroatoms. The van der Waals surface area contributed by atoms with Crippen molar-refractivity contribution < 1.29 is 0 Å². The summed E-state index contributed by atoms with van der Waals surface area (Å²) < 4.78 is 0. The van der Waals surface area contributed by atoms with Gasteiger partial charge in [0.1, 0.15) is 5.15 Å². The van der Waals surface area contributed by atoms with Crippen LogP contribution in [0, 0.1) is 11.3 Å². The molecule has 1 aliphatic heterocycles. The van der Waals surface area contributed by atoms with Crippen molar-refractivity contribution in [3.05, 3.63) is 35.1 Å². The van der Waals surface area contributed by atoms with Gasteiger partial charge in [-0.15, -0.1) is 0 Å². The van der Waals surface area contributed by atoms with Crippen molar-refractivity contribution in [1.29, 1.82) is 0 Å². The summed E-state index contributed by atoms with van der Waals surface area (Å²) in [6.45, 7) is 1.27. The van der Waals surface area contributed by atoms with Gasteiger partial charge in [0.2, 0.25) is 0 Å². The van der Waals surface area contributed by atoms with Gasteiger partial charge >= 0.3 is 0 Å². The normalized spacial score (nSPS) is 38.8. The molecule has 3 atom stereocenters. The first-order chi connectivity index (χ1) is 8.21. The summed E-state index contributed by atoms with van der Waals surface area (Å²) in [5, 5.41) is 0.579. The summed E-state index contributed by atoms with van der Waals surface area (Å²) in [6, 6.07) is 4.68. The molecule has 2 aliphatic carbocycles. The Balaban J connectivity index is 1.73. The van der Waals surface area contributed by atoms with Crippen LogP contribution in [0.25, 0.3) is 5.57 Å². The van der Waals surface area contributed by atoms with Gasteiger partial charge in [-0.25, -0.2) is 4.98 Å². The van der Waals surface area contributed by atoms with E-state index in [1.54, 1.807) is 0 Å². The van der Waals surface area contributed by atoms with Gasteiger partial charge in [0.15, 0.2) is 0 Å². The van der Waals surface area contributed by atoms with E-state index in [2.05, 4.69) is 29.1 Å². The summed E-state index contributed by atoms with van der Waals surface area (Å²) in [4.78, 5) is 6.67. The van der Waals surface area contributed by atoms with Crippen LogP contribution in [-0.2, 0) is 0 Å². The maximum atomic E-state index is 5.85. The first kappa shape index (κ1) is 10.1. The zero-order chi connectivity index (χ0) is 11.6. The number of nitrogens with zero attached hydrogens (tertiary/aromatic N) is 2. The molecule has 4 rings (SSSR count). The minimum atomic E-state index is 0.579. The highest BCUT2D eigenvalue weighted by Crippen LogP contribution is 2.65. The molecule has 1 spiro atoms. The van der Waals surface area contributed by atoms with E-state index in [4.69, 9.17) is 11.6 Å². The molecule has 1 aromatic heterocycles. The van der Waals surface area contributed by atoms with E-state index in [0.717, 1.165) is 5.92 Å². The van der Waals surface area contributed by atoms with Gasteiger partial charge in [0.25, 0.3) is 0 Å². The Morgan fingerprint density at radius 2 is 2.35 bits per heavy atom. The van der Waals surface area contributed by atoms with Crippen LogP contribution in [-0.4, -0.2) is 29.5 Å². The third-order valence-electron chi connectivity index (χ3n) is 4.97. The van der Waals surface area contributed by atoms with Gasteiger partial charge in [-0.05, 0) is 43.0 Å². The molecular formula is C14H15ClN2. The van der Waals surface area contributed by atoms with Crippen molar-refractivity contribution >= 4 is 17.2 Å². The van der Waals surface area contributed by atoms with E-state index >= 15 is 0 Å². The van der Waals surface area contributed by atoms with Gasteiger partial charge in [0.05, 0.1) is 0 Å². The molecule has 1 saturated carbocycles. The van der Waals surface area contributed by atoms with E-state index in [-0.39, 0.29) is 0 Å².